The Hall–Kier alpha value is -2.80. The van der Waals surface area contributed by atoms with E-state index < -0.39 is 0 Å². The zero-order valence-corrected chi connectivity index (χ0v) is 20.3. The van der Waals surface area contributed by atoms with Crippen molar-refractivity contribution in [1.82, 2.24) is 14.8 Å². The van der Waals surface area contributed by atoms with Gasteiger partial charge in [-0.2, -0.15) is 0 Å². The van der Waals surface area contributed by atoms with E-state index in [9.17, 15) is 4.79 Å². The molecule has 1 heterocycles. The molecule has 2 aromatic carbocycles. The largest absolute Gasteiger partial charge is 0.483 e. The molecule has 1 atom stereocenters. The van der Waals surface area contributed by atoms with Gasteiger partial charge in [-0.1, -0.05) is 55.9 Å². The first-order chi connectivity index (χ1) is 15.5. The first-order valence-electron chi connectivity index (χ1n) is 11.2. The maximum Gasteiger partial charge on any atom is 0.234 e. The molecule has 7 heteroatoms. The monoisotopic (exact) mass is 452 g/mol. The molecule has 0 bridgehead atoms. The molecule has 0 saturated heterocycles. The third kappa shape index (κ3) is 5.71. The highest BCUT2D eigenvalue weighted by atomic mass is 32.2. The summed E-state index contributed by atoms with van der Waals surface area (Å²) in [4.78, 5) is 12.6. The smallest absolute Gasteiger partial charge is 0.234 e. The van der Waals surface area contributed by atoms with Gasteiger partial charge in [0.05, 0.1) is 5.75 Å². The Kier molecular flexibility index (Phi) is 8.33. The Balaban J connectivity index is 1.65. The highest BCUT2D eigenvalue weighted by Gasteiger charge is 2.20. The van der Waals surface area contributed by atoms with Crippen LogP contribution in [-0.2, 0) is 24.2 Å². The Morgan fingerprint density at radius 3 is 2.50 bits per heavy atom. The van der Waals surface area contributed by atoms with E-state index in [0.29, 0.717) is 6.54 Å². The number of rotatable bonds is 10. The second-order valence-electron chi connectivity index (χ2n) is 7.64. The van der Waals surface area contributed by atoms with E-state index in [1.165, 1.54) is 17.3 Å². The number of aryl methyl sites for hydroxylation is 3. The molecule has 0 aliphatic rings. The van der Waals surface area contributed by atoms with Gasteiger partial charge in [-0.05, 0) is 62.4 Å². The standard InChI is InChI=1S/C25H32N4O2S/c1-6-19-12-14-21(15-13-19)31-18(5)24-27-28-25(29(24)8-3)32-16-22(30)26-23-17(4)10-9-11-20(23)7-2/h9-15,18H,6-8,16H2,1-5H3,(H,26,30)/t18-/m0/s1. The van der Waals surface area contributed by atoms with Gasteiger partial charge < -0.3 is 14.6 Å². The van der Waals surface area contributed by atoms with E-state index in [1.807, 2.05) is 55.7 Å². The predicted octanol–water partition coefficient (Wildman–Crippen LogP) is 5.60. The van der Waals surface area contributed by atoms with Gasteiger partial charge in [-0.15, -0.1) is 10.2 Å². The van der Waals surface area contributed by atoms with Crippen LogP contribution in [-0.4, -0.2) is 26.4 Å². The topological polar surface area (TPSA) is 69.0 Å². The molecule has 6 nitrogen and oxygen atoms in total. The number of thioether (sulfide) groups is 1. The highest BCUT2D eigenvalue weighted by Crippen LogP contribution is 2.26. The Labute approximate surface area is 194 Å². The van der Waals surface area contributed by atoms with Gasteiger partial charge in [-0.3, -0.25) is 4.79 Å². The number of carbonyl (C=O) groups excluding carboxylic acids is 1. The van der Waals surface area contributed by atoms with Crippen LogP contribution in [0.1, 0.15) is 56.3 Å². The number of amides is 1. The lowest BCUT2D eigenvalue weighted by Gasteiger charge is -2.16. The average Bonchev–Trinajstić information content (AvgIpc) is 3.22. The molecule has 0 spiro atoms. The summed E-state index contributed by atoms with van der Waals surface area (Å²) >= 11 is 1.39. The van der Waals surface area contributed by atoms with Crippen molar-refractivity contribution in [2.75, 3.05) is 11.1 Å². The van der Waals surface area contributed by atoms with E-state index in [4.69, 9.17) is 4.74 Å². The maximum absolute atomic E-state index is 12.6. The van der Waals surface area contributed by atoms with Crippen molar-refractivity contribution in [3.8, 4) is 5.75 Å². The minimum absolute atomic E-state index is 0.0495. The first kappa shape index (κ1) is 23.9. The van der Waals surface area contributed by atoms with Gasteiger partial charge in [0.25, 0.3) is 0 Å². The number of nitrogens with zero attached hydrogens (tertiary/aromatic N) is 3. The molecule has 170 valence electrons. The van der Waals surface area contributed by atoms with Gasteiger partial charge in [0, 0.05) is 12.2 Å². The fourth-order valence-corrected chi connectivity index (χ4v) is 4.38. The number of hydrogen-bond donors (Lipinski definition) is 1. The fraction of sp³-hybridized carbons (Fsp3) is 0.400. The van der Waals surface area contributed by atoms with Crippen molar-refractivity contribution < 1.29 is 9.53 Å². The second-order valence-corrected chi connectivity index (χ2v) is 8.58. The second kappa shape index (κ2) is 11.2. The van der Waals surface area contributed by atoms with Crippen LogP contribution in [0.3, 0.4) is 0 Å². The minimum Gasteiger partial charge on any atom is -0.483 e. The SMILES string of the molecule is CCc1ccc(O[C@@H](C)c2nnc(SCC(=O)Nc3c(C)cccc3CC)n2CC)cc1. The molecule has 3 rings (SSSR count). The van der Waals surface area contributed by atoms with E-state index in [0.717, 1.165) is 46.4 Å². The zero-order chi connectivity index (χ0) is 23.1. The summed E-state index contributed by atoms with van der Waals surface area (Å²) in [5, 5.41) is 12.5. The molecule has 3 aromatic rings. The Bertz CT molecular complexity index is 1050. The van der Waals surface area contributed by atoms with Crippen LogP contribution in [0.15, 0.2) is 47.6 Å². The molecule has 0 saturated carbocycles. The molecule has 0 aliphatic carbocycles. The summed E-state index contributed by atoms with van der Waals surface area (Å²) in [6, 6.07) is 14.2. The lowest BCUT2D eigenvalue weighted by molar-refractivity contribution is -0.113. The number of carbonyl (C=O) groups is 1. The molecule has 0 unspecified atom stereocenters. The minimum atomic E-state index is -0.253. The fourth-order valence-electron chi connectivity index (χ4n) is 3.57. The third-order valence-electron chi connectivity index (χ3n) is 5.41. The van der Waals surface area contributed by atoms with Gasteiger partial charge >= 0.3 is 0 Å². The van der Waals surface area contributed by atoms with Crippen molar-refractivity contribution in [2.24, 2.45) is 0 Å². The van der Waals surface area contributed by atoms with Crippen LogP contribution in [0.25, 0.3) is 0 Å². The van der Waals surface area contributed by atoms with Gasteiger partial charge in [0.1, 0.15) is 5.75 Å². The summed E-state index contributed by atoms with van der Waals surface area (Å²) in [5.41, 5.74) is 4.39. The lowest BCUT2D eigenvalue weighted by atomic mass is 10.1. The number of ether oxygens (including phenoxy) is 1. The number of benzene rings is 2. The summed E-state index contributed by atoms with van der Waals surface area (Å²) in [5.74, 6) is 1.77. The summed E-state index contributed by atoms with van der Waals surface area (Å²) < 4.78 is 8.10. The number of aromatic nitrogens is 3. The quantitative estimate of drug-likeness (QED) is 0.405. The van der Waals surface area contributed by atoms with Crippen LogP contribution in [0.2, 0.25) is 0 Å². The maximum atomic E-state index is 12.6. The molecule has 0 aliphatic heterocycles. The molecule has 32 heavy (non-hydrogen) atoms. The van der Waals surface area contributed by atoms with Crippen molar-refractivity contribution in [3.05, 3.63) is 65.0 Å². The Morgan fingerprint density at radius 1 is 1.09 bits per heavy atom. The van der Waals surface area contributed by atoms with E-state index in [2.05, 4.69) is 41.5 Å². The molecule has 0 radical (unpaired) electrons. The number of nitrogens with one attached hydrogen (secondary N) is 1. The predicted molar refractivity (Wildman–Crippen MR) is 130 cm³/mol. The number of anilines is 1. The summed E-state index contributed by atoms with van der Waals surface area (Å²) in [7, 11) is 0. The van der Waals surface area contributed by atoms with Crippen molar-refractivity contribution in [3.63, 3.8) is 0 Å². The number of hydrogen-bond acceptors (Lipinski definition) is 5. The van der Waals surface area contributed by atoms with Crippen molar-refractivity contribution in [2.45, 2.75) is 65.3 Å². The number of para-hydroxylation sites is 1. The average molecular weight is 453 g/mol. The molecule has 1 N–H and O–H groups in total. The van der Waals surface area contributed by atoms with Gasteiger partial charge in [-0.25, -0.2) is 0 Å². The molecule has 0 fully saturated rings. The molecule has 1 amide bonds. The molecular weight excluding hydrogens is 420 g/mol. The summed E-state index contributed by atoms with van der Waals surface area (Å²) in [6.45, 7) is 10.9. The lowest BCUT2D eigenvalue weighted by Crippen LogP contribution is -2.17. The normalized spacial score (nSPS) is 11.9. The highest BCUT2D eigenvalue weighted by molar-refractivity contribution is 7.99. The van der Waals surface area contributed by atoms with E-state index in [-0.39, 0.29) is 17.8 Å². The molecular formula is C25H32N4O2S. The van der Waals surface area contributed by atoms with Crippen LogP contribution >= 0.6 is 11.8 Å². The molecule has 1 aromatic heterocycles. The third-order valence-corrected chi connectivity index (χ3v) is 6.37. The van der Waals surface area contributed by atoms with Crippen LogP contribution in [0.5, 0.6) is 5.75 Å². The van der Waals surface area contributed by atoms with Crippen LogP contribution in [0, 0.1) is 6.92 Å². The van der Waals surface area contributed by atoms with Gasteiger partial charge in [0.2, 0.25) is 5.91 Å². The Morgan fingerprint density at radius 2 is 1.84 bits per heavy atom. The van der Waals surface area contributed by atoms with Crippen molar-refractivity contribution in [1.29, 1.82) is 0 Å². The van der Waals surface area contributed by atoms with Gasteiger partial charge in [0.15, 0.2) is 17.1 Å². The van der Waals surface area contributed by atoms with E-state index in [1.54, 1.807) is 0 Å². The first-order valence-corrected chi connectivity index (χ1v) is 12.1. The van der Waals surface area contributed by atoms with E-state index >= 15 is 0 Å². The summed E-state index contributed by atoms with van der Waals surface area (Å²) in [6.07, 6.45) is 1.62. The van der Waals surface area contributed by atoms with Crippen LogP contribution < -0.4 is 10.1 Å². The van der Waals surface area contributed by atoms with Crippen molar-refractivity contribution >= 4 is 23.4 Å². The zero-order valence-electron chi connectivity index (χ0n) is 19.5. The van der Waals surface area contributed by atoms with Crippen LogP contribution in [0.4, 0.5) is 5.69 Å².